The number of carbonyl (C=O) groups excluding carboxylic acids is 1. The Labute approximate surface area is 126 Å². The molecule has 1 unspecified atom stereocenters. The van der Waals surface area contributed by atoms with Crippen molar-refractivity contribution in [1.82, 2.24) is 0 Å². The van der Waals surface area contributed by atoms with Crippen molar-refractivity contribution in [3.05, 3.63) is 0 Å². The molecular formula is C18H36O2. The molecule has 2 nitrogen and oxygen atoms in total. The van der Waals surface area contributed by atoms with E-state index < -0.39 is 0 Å². The number of methoxy groups -OCH3 is 1. The van der Waals surface area contributed by atoms with Gasteiger partial charge in [0, 0.05) is 6.42 Å². The summed E-state index contributed by atoms with van der Waals surface area (Å²) in [6, 6.07) is 0. The highest BCUT2D eigenvalue weighted by Crippen LogP contribution is 2.18. The lowest BCUT2D eigenvalue weighted by Gasteiger charge is -2.10. The molecule has 0 fully saturated rings. The van der Waals surface area contributed by atoms with Gasteiger partial charge in [-0.25, -0.2) is 0 Å². The van der Waals surface area contributed by atoms with Crippen LogP contribution >= 0.6 is 0 Å². The monoisotopic (exact) mass is 284 g/mol. The van der Waals surface area contributed by atoms with E-state index in [1.807, 2.05) is 0 Å². The van der Waals surface area contributed by atoms with Gasteiger partial charge in [-0.2, -0.15) is 0 Å². The number of unbranched alkanes of at least 4 members (excludes halogenated alkanes) is 8. The third-order valence-electron chi connectivity index (χ3n) is 4.11. The molecule has 0 aromatic carbocycles. The molecule has 0 bridgehead atoms. The van der Waals surface area contributed by atoms with Crippen LogP contribution in [0, 0.1) is 5.92 Å². The number of carbonyl (C=O) groups is 1. The first-order chi connectivity index (χ1) is 9.70. The second-order valence-corrected chi connectivity index (χ2v) is 6.19. The number of hydrogen-bond donors (Lipinski definition) is 0. The largest absolute Gasteiger partial charge is 0.469 e. The molecule has 0 aliphatic rings. The standard InChI is InChI=1S/C18H36O2/c1-4-5-6-8-11-14-17(2)15-12-9-7-10-13-16-18(19)20-3/h17H,4-16H2,1-3H3. The molecule has 0 spiro atoms. The summed E-state index contributed by atoms with van der Waals surface area (Å²) in [7, 11) is 1.46. The number of rotatable bonds is 14. The summed E-state index contributed by atoms with van der Waals surface area (Å²) in [6.45, 7) is 4.67. The van der Waals surface area contributed by atoms with Crippen molar-refractivity contribution in [2.45, 2.75) is 97.3 Å². The maximum atomic E-state index is 10.9. The zero-order chi connectivity index (χ0) is 15.1. The molecule has 2 heteroatoms. The molecule has 0 aliphatic carbocycles. The molecule has 0 saturated heterocycles. The van der Waals surface area contributed by atoms with Crippen LogP contribution in [-0.4, -0.2) is 13.1 Å². The van der Waals surface area contributed by atoms with Gasteiger partial charge in [-0.15, -0.1) is 0 Å². The van der Waals surface area contributed by atoms with Crippen molar-refractivity contribution >= 4 is 5.97 Å². The van der Waals surface area contributed by atoms with Gasteiger partial charge >= 0.3 is 5.97 Å². The molecule has 20 heavy (non-hydrogen) atoms. The molecule has 120 valence electrons. The number of hydrogen-bond acceptors (Lipinski definition) is 2. The van der Waals surface area contributed by atoms with Crippen LogP contribution in [0.15, 0.2) is 0 Å². The zero-order valence-corrected chi connectivity index (χ0v) is 14.1. The smallest absolute Gasteiger partial charge is 0.305 e. The summed E-state index contributed by atoms with van der Waals surface area (Å²) >= 11 is 0. The fraction of sp³-hybridized carbons (Fsp3) is 0.944. The van der Waals surface area contributed by atoms with Crippen molar-refractivity contribution in [2.75, 3.05) is 7.11 Å². The fourth-order valence-corrected chi connectivity index (χ4v) is 2.64. The highest BCUT2D eigenvalue weighted by atomic mass is 16.5. The van der Waals surface area contributed by atoms with Crippen LogP contribution < -0.4 is 0 Å². The van der Waals surface area contributed by atoms with E-state index in [1.54, 1.807) is 0 Å². The summed E-state index contributed by atoms with van der Waals surface area (Å²) in [5.74, 6) is 0.827. The van der Waals surface area contributed by atoms with E-state index in [1.165, 1.54) is 77.7 Å². The lowest BCUT2D eigenvalue weighted by atomic mass is 9.96. The third kappa shape index (κ3) is 13.9. The topological polar surface area (TPSA) is 26.3 Å². The zero-order valence-electron chi connectivity index (χ0n) is 14.1. The molecule has 0 aromatic rings. The molecule has 0 amide bonds. The Kier molecular flexibility index (Phi) is 14.5. The fourth-order valence-electron chi connectivity index (χ4n) is 2.64. The minimum atomic E-state index is -0.0679. The van der Waals surface area contributed by atoms with Gasteiger partial charge in [0.2, 0.25) is 0 Å². The molecule has 0 radical (unpaired) electrons. The molecule has 0 aromatic heterocycles. The first-order valence-corrected chi connectivity index (χ1v) is 8.77. The van der Waals surface area contributed by atoms with E-state index in [4.69, 9.17) is 0 Å². The SMILES string of the molecule is CCCCCCCC(C)CCCCCCCC(=O)OC. The predicted octanol–water partition coefficient (Wildman–Crippen LogP) is 5.89. The normalized spacial score (nSPS) is 12.3. The van der Waals surface area contributed by atoms with Gasteiger partial charge in [0.25, 0.3) is 0 Å². The summed E-state index contributed by atoms with van der Waals surface area (Å²) in [5.41, 5.74) is 0. The van der Waals surface area contributed by atoms with Crippen LogP contribution in [-0.2, 0) is 9.53 Å². The minimum absolute atomic E-state index is 0.0679. The average molecular weight is 284 g/mol. The van der Waals surface area contributed by atoms with Gasteiger partial charge < -0.3 is 4.74 Å². The maximum Gasteiger partial charge on any atom is 0.305 e. The minimum Gasteiger partial charge on any atom is -0.469 e. The van der Waals surface area contributed by atoms with Crippen LogP contribution in [0.1, 0.15) is 97.3 Å². The van der Waals surface area contributed by atoms with Gasteiger partial charge in [0.15, 0.2) is 0 Å². The molecule has 0 N–H and O–H groups in total. The Balaban J connectivity index is 3.18. The van der Waals surface area contributed by atoms with Crippen molar-refractivity contribution in [3.8, 4) is 0 Å². The van der Waals surface area contributed by atoms with Crippen LogP contribution in [0.25, 0.3) is 0 Å². The molecule has 0 saturated carbocycles. The summed E-state index contributed by atoms with van der Waals surface area (Å²) in [6.07, 6.45) is 16.5. The van der Waals surface area contributed by atoms with E-state index in [0.29, 0.717) is 6.42 Å². The van der Waals surface area contributed by atoms with Crippen molar-refractivity contribution in [1.29, 1.82) is 0 Å². The van der Waals surface area contributed by atoms with Crippen molar-refractivity contribution in [3.63, 3.8) is 0 Å². The van der Waals surface area contributed by atoms with Crippen LogP contribution in [0.2, 0.25) is 0 Å². The average Bonchev–Trinajstić information content (AvgIpc) is 2.45. The first-order valence-electron chi connectivity index (χ1n) is 8.77. The Bertz CT molecular complexity index is 213. The number of ether oxygens (including phenoxy) is 1. The van der Waals surface area contributed by atoms with E-state index in [-0.39, 0.29) is 5.97 Å². The Morgan fingerprint density at radius 3 is 1.90 bits per heavy atom. The molecule has 0 heterocycles. The lowest BCUT2D eigenvalue weighted by molar-refractivity contribution is -0.140. The van der Waals surface area contributed by atoms with Crippen LogP contribution in [0.3, 0.4) is 0 Å². The van der Waals surface area contributed by atoms with E-state index >= 15 is 0 Å². The van der Waals surface area contributed by atoms with Gasteiger partial charge in [0.1, 0.15) is 0 Å². The number of esters is 1. The quantitative estimate of drug-likeness (QED) is 0.294. The highest BCUT2D eigenvalue weighted by molar-refractivity contribution is 5.68. The van der Waals surface area contributed by atoms with Gasteiger partial charge in [-0.3, -0.25) is 4.79 Å². The highest BCUT2D eigenvalue weighted by Gasteiger charge is 2.03. The molecular weight excluding hydrogens is 248 g/mol. The van der Waals surface area contributed by atoms with E-state index in [2.05, 4.69) is 18.6 Å². The van der Waals surface area contributed by atoms with Crippen molar-refractivity contribution < 1.29 is 9.53 Å². The van der Waals surface area contributed by atoms with E-state index in [0.717, 1.165) is 12.3 Å². The summed E-state index contributed by atoms with van der Waals surface area (Å²) < 4.78 is 4.63. The maximum absolute atomic E-state index is 10.9. The molecule has 0 rings (SSSR count). The summed E-state index contributed by atoms with van der Waals surface area (Å²) in [5, 5.41) is 0. The first kappa shape index (κ1) is 19.5. The van der Waals surface area contributed by atoms with Gasteiger partial charge in [-0.1, -0.05) is 84.5 Å². The Morgan fingerprint density at radius 2 is 1.35 bits per heavy atom. The van der Waals surface area contributed by atoms with Crippen molar-refractivity contribution in [2.24, 2.45) is 5.92 Å². The van der Waals surface area contributed by atoms with Gasteiger partial charge in [-0.05, 0) is 12.3 Å². The third-order valence-corrected chi connectivity index (χ3v) is 4.11. The molecule has 0 aliphatic heterocycles. The van der Waals surface area contributed by atoms with Crippen LogP contribution in [0.4, 0.5) is 0 Å². The van der Waals surface area contributed by atoms with Crippen LogP contribution in [0.5, 0.6) is 0 Å². The lowest BCUT2D eigenvalue weighted by Crippen LogP contribution is -1.99. The second kappa shape index (κ2) is 14.9. The summed E-state index contributed by atoms with van der Waals surface area (Å²) in [4.78, 5) is 10.9. The Hall–Kier alpha value is -0.530. The van der Waals surface area contributed by atoms with Gasteiger partial charge in [0.05, 0.1) is 7.11 Å². The Morgan fingerprint density at radius 1 is 0.850 bits per heavy atom. The predicted molar refractivity (Wildman–Crippen MR) is 86.9 cm³/mol. The molecule has 1 atom stereocenters. The second-order valence-electron chi connectivity index (χ2n) is 6.19. The van der Waals surface area contributed by atoms with E-state index in [9.17, 15) is 4.79 Å².